The lowest BCUT2D eigenvalue weighted by atomic mass is 9.91. The Morgan fingerprint density at radius 3 is 1.17 bits per heavy atom. The molecule has 0 atom stereocenters. The van der Waals surface area contributed by atoms with Crippen LogP contribution in [0.5, 0.6) is 0 Å². The highest BCUT2D eigenvalue weighted by atomic mass is 19.4. The van der Waals surface area contributed by atoms with Crippen LogP contribution < -0.4 is 5.73 Å². The fourth-order valence-corrected chi connectivity index (χ4v) is 1.11. The molecule has 0 aromatic heterocycles. The van der Waals surface area contributed by atoms with E-state index in [0.29, 0.717) is 0 Å². The summed E-state index contributed by atoms with van der Waals surface area (Å²) in [5, 5.41) is 5.90. The Labute approximate surface area is 122 Å². The zero-order valence-corrected chi connectivity index (χ0v) is 10.4. The lowest BCUT2D eigenvalue weighted by Gasteiger charge is -2.40. The predicted molar refractivity (Wildman–Crippen MR) is 47.6 cm³/mol. The molecule has 0 aromatic carbocycles. The van der Waals surface area contributed by atoms with E-state index in [1.54, 1.807) is 0 Å². The highest BCUT2D eigenvalue weighted by molar-refractivity contribution is 5.85. The van der Waals surface area contributed by atoms with Crippen molar-refractivity contribution in [1.29, 1.82) is 5.41 Å². The molecule has 24 heavy (non-hydrogen) atoms. The summed E-state index contributed by atoms with van der Waals surface area (Å²) in [6.45, 7) is 0. The Balaban J connectivity index is 6.43. The van der Waals surface area contributed by atoms with E-state index in [0.717, 1.165) is 0 Å². The molecule has 2 nitrogen and oxygen atoms in total. The number of halogens is 14. The van der Waals surface area contributed by atoms with Crippen LogP contribution in [0, 0.1) is 5.41 Å². The molecule has 0 radical (unpaired) electrons. The number of hydrogen-bond acceptors (Lipinski definition) is 1. The van der Waals surface area contributed by atoms with Gasteiger partial charge in [0.25, 0.3) is 0 Å². The molecular formula is C8H4F14N2. The topological polar surface area (TPSA) is 49.9 Å². The molecule has 0 aromatic rings. The SMILES string of the molecule is N=C(N)C(F)(F)C(F)(F)C(F)(F)C(F)(F)C(F)(F)C(F)(F)C(F)F. The zero-order chi connectivity index (χ0) is 20.2. The van der Waals surface area contributed by atoms with Crippen molar-refractivity contribution in [1.82, 2.24) is 0 Å². The highest BCUT2D eigenvalue weighted by Crippen LogP contribution is 2.60. The van der Waals surface area contributed by atoms with Crippen molar-refractivity contribution in [3.8, 4) is 0 Å². The van der Waals surface area contributed by atoms with Crippen LogP contribution in [0.2, 0.25) is 0 Å². The molecule has 0 fully saturated rings. The van der Waals surface area contributed by atoms with E-state index in [1.807, 2.05) is 0 Å². The first-order chi connectivity index (χ1) is 10.1. The number of rotatable bonds is 7. The van der Waals surface area contributed by atoms with Gasteiger partial charge in [-0.25, -0.2) is 8.78 Å². The third-order valence-electron chi connectivity index (χ3n) is 2.61. The molecule has 0 aliphatic heterocycles. The minimum atomic E-state index is -8.09. The Bertz CT molecular complexity index is 495. The summed E-state index contributed by atoms with van der Waals surface area (Å²) in [6.07, 6.45) is -5.74. The maximum Gasteiger partial charge on any atom is 0.385 e. The molecule has 3 N–H and O–H groups in total. The Morgan fingerprint density at radius 1 is 0.625 bits per heavy atom. The minimum absolute atomic E-state index is 3.20. The van der Waals surface area contributed by atoms with Gasteiger partial charge >= 0.3 is 42.0 Å². The molecule has 144 valence electrons. The maximum atomic E-state index is 12.9. The van der Waals surface area contributed by atoms with Gasteiger partial charge in [0.15, 0.2) is 5.84 Å². The van der Waals surface area contributed by atoms with E-state index in [-0.39, 0.29) is 0 Å². The molecule has 0 bridgehead atoms. The number of hydrogen-bond donors (Lipinski definition) is 2. The normalized spacial score (nSPS) is 15.8. The first-order valence-corrected chi connectivity index (χ1v) is 5.03. The predicted octanol–water partition coefficient (Wildman–Crippen LogP) is 4.00. The fourth-order valence-electron chi connectivity index (χ4n) is 1.11. The standard InChI is InChI=1S/C8H4F14N2/c9-1(10)3(11,12)5(15,16)7(19,20)8(21,22)6(17,18)4(13,14)2(23)24/h1H,(H3,23,24). The molecule has 0 unspecified atom stereocenters. The van der Waals surface area contributed by atoms with Gasteiger partial charge in [0.2, 0.25) is 0 Å². The average molecular weight is 394 g/mol. The van der Waals surface area contributed by atoms with Crippen molar-refractivity contribution in [2.24, 2.45) is 5.73 Å². The van der Waals surface area contributed by atoms with Crippen molar-refractivity contribution >= 4 is 5.84 Å². The third kappa shape index (κ3) is 2.53. The van der Waals surface area contributed by atoms with Crippen molar-refractivity contribution in [3.63, 3.8) is 0 Å². The van der Waals surface area contributed by atoms with E-state index in [2.05, 4.69) is 5.73 Å². The fraction of sp³-hybridized carbons (Fsp3) is 0.875. The van der Waals surface area contributed by atoms with Crippen molar-refractivity contribution in [2.45, 2.75) is 42.0 Å². The van der Waals surface area contributed by atoms with Gasteiger partial charge in [0, 0.05) is 0 Å². The van der Waals surface area contributed by atoms with Gasteiger partial charge in [0.1, 0.15) is 0 Å². The van der Waals surface area contributed by atoms with Crippen LogP contribution in [0.4, 0.5) is 61.5 Å². The lowest BCUT2D eigenvalue weighted by Crippen LogP contribution is -2.72. The van der Waals surface area contributed by atoms with E-state index >= 15 is 0 Å². The monoisotopic (exact) mass is 394 g/mol. The van der Waals surface area contributed by atoms with Crippen LogP contribution in [-0.4, -0.2) is 47.8 Å². The molecule has 0 aliphatic rings. The molecule has 0 rings (SSSR count). The van der Waals surface area contributed by atoms with Crippen LogP contribution in [0.15, 0.2) is 0 Å². The van der Waals surface area contributed by atoms with Gasteiger partial charge in [-0.15, -0.1) is 0 Å². The summed E-state index contributed by atoms with van der Waals surface area (Å²) in [5.74, 6) is -48.8. The second-order valence-corrected chi connectivity index (χ2v) is 4.21. The number of nitrogens with two attached hydrogens (primary N) is 1. The van der Waals surface area contributed by atoms with Gasteiger partial charge < -0.3 is 5.73 Å². The number of nitrogens with one attached hydrogen (secondary N) is 1. The van der Waals surface area contributed by atoms with E-state index in [9.17, 15) is 61.5 Å². The lowest BCUT2D eigenvalue weighted by molar-refractivity contribution is -0.426. The van der Waals surface area contributed by atoms with E-state index < -0.39 is 47.8 Å². The zero-order valence-electron chi connectivity index (χ0n) is 10.4. The third-order valence-corrected chi connectivity index (χ3v) is 2.61. The van der Waals surface area contributed by atoms with Gasteiger partial charge in [-0.05, 0) is 0 Å². The minimum Gasteiger partial charge on any atom is -0.382 e. The van der Waals surface area contributed by atoms with Crippen molar-refractivity contribution in [3.05, 3.63) is 0 Å². The maximum absolute atomic E-state index is 12.9. The Hall–Kier alpha value is -1.51. The molecular weight excluding hydrogens is 390 g/mol. The van der Waals surface area contributed by atoms with Gasteiger partial charge in [0.05, 0.1) is 0 Å². The van der Waals surface area contributed by atoms with Crippen LogP contribution in [0.1, 0.15) is 0 Å². The Kier molecular flexibility index (Phi) is 5.16. The van der Waals surface area contributed by atoms with Crippen LogP contribution in [0.25, 0.3) is 0 Å². The highest BCUT2D eigenvalue weighted by Gasteiger charge is 2.91. The largest absolute Gasteiger partial charge is 0.385 e. The molecule has 0 spiro atoms. The summed E-state index contributed by atoms with van der Waals surface area (Å²) in [6, 6.07) is 0. The molecule has 0 heterocycles. The summed E-state index contributed by atoms with van der Waals surface area (Å²) >= 11 is 0. The quantitative estimate of drug-likeness (QED) is 0.383. The van der Waals surface area contributed by atoms with Gasteiger partial charge in [-0.3, -0.25) is 5.41 Å². The molecule has 0 saturated heterocycles. The second kappa shape index (κ2) is 5.50. The summed E-state index contributed by atoms with van der Waals surface area (Å²) in [4.78, 5) is 0. The smallest absolute Gasteiger partial charge is 0.382 e. The van der Waals surface area contributed by atoms with Crippen LogP contribution >= 0.6 is 0 Å². The van der Waals surface area contributed by atoms with Crippen LogP contribution in [0.3, 0.4) is 0 Å². The van der Waals surface area contributed by atoms with Crippen molar-refractivity contribution < 1.29 is 61.5 Å². The molecule has 0 saturated carbocycles. The average Bonchev–Trinajstić information content (AvgIpc) is 2.36. The van der Waals surface area contributed by atoms with E-state index in [1.165, 1.54) is 0 Å². The molecule has 16 heteroatoms. The first-order valence-electron chi connectivity index (χ1n) is 5.03. The Morgan fingerprint density at radius 2 is 0.917 bits per heavy atom. The number of amidine groups is 1. The molecule has 0 amide bonds. The first kappa shape index (κ1) is 22.5. The van der Waals surface area contributed by atoms with Gasteiger partial charge in [-0.2, -0.15) is 52.7 Å². The van der Waals surface area contributed by atoms with Crippen molar-refractivity contribution in [2.75, 3.05) is 0 Å². The van der Waals surface area contributed by atoms with Gasteiger partial charge in [-0.1, -0.05) is 0 Å². The molecule has 0 aliphatic carbocycles. The number of alkyl halides is 14. The summed E-state index contributed by atoms with van der Waals surface area (Å²) in [7, 11) is 0. The second-order valence-electron chi connectivity index (χ2n) is 4.21. The summed E-state index contributed by atoms with van der Waals surface area (Å²) in [5.41, 5.74) is 3.76. The summed E-state index contributed by atoms with van der Waals surface area (Å²) < 4.78 is 176. The van der Waals surface area contributed by atoms with Crippen LogP contribution in [-0.2, 0) is 0 Å². The van der Waals surface area contributed by atoms with E-state index in [4.69, 9.17) is 5.41 Å².